The zero-order valence-corrected chi connectivity index (χ0v) is 14.0. The maximum atomic E-state index is 5.35. The molecule has 0 atom stereocenters. The number of nitrogens with one attached hydrogen (secondary N) is 1. The molecule has 4 nitrogen and oxygen atoms in total. The Labute approximate surface area is 129 Å². The van der Waals surface area contributed by atoms with Crippen molar-refractivity contribution < 1.29 is 0 Å². The number of aromatic nitrogens is 4. The van der Waals surface area contributed by atoms with Crippen molar-refractivity contribution in [3.8, 4) is 10.7 Å². The summed E-state index contributed by atoms with van der Waals surface area (Å²) in [7, 11) is 0. The predicted molar refractivity (Wildman–Crippen MR) is 86.8 cm³/mol. The number of H-pyrrole nitrogens is 1. The van der Waals surface area contributed by atoms with Crippen molar-refractivity contribution in [1.29, 1.82) is 0 Å². The summed E-state index contributed by atoms with van der Waals surface area (Å²) in [4.78, 5) is 5.92. The molecule has 1 N–H and O–H groups in total. The van der Waals surface area contributed by atoms with E-state index in [1.54, 1.807) is 11.3 Å². The van der Waals surface area contributed by atoms with Crippen LogP contribution in [0.3, 0.4) is 0 Å². The van der Waals surface area contributed by atoms with Gasteiger partial charge in [-0.1, -0.05) is 27.2 Å². The minimum Gasteiger partial charge on any atom is -0.299 e. The molecule has 0 spiro atoms. The van der Waals surface area contributed by atoms with Crippen LogP contribution in [-0.4, -0.2) is 19.7 Å². The largest absolute Gasteiger partial charge is 0.299 e. The van der Waals surface area contributed by atoms with Crippen LogP contribution in [-0.2, 0) is 19.4 Å². The summed E-state index contributed by atoms with van der Waals surface area (Å²) in [5, 5.41) is 8.57. The van der Waals surface area contributed by atoms with Gasteiger partial charge in [0.2, 0.25) is 0 Å². The molecule has 2 heterocycles. The second-order valence-corrected chi connectivity index (χ2v) is 6.31. The predicted octanol–water partition coefficient (Wildman–Crippen LogP) is 4.38. The molecule has 0 radical (unpaired) electrons. The van der Waals surface area contributed by atoms with Crippen LogP contribution in [0.15, 0.2) is 0 Å². The van der Waals surface area contributed by atoms with Gasteiger partial charge in [-0.2, -0.15) is 5.10 Å². The Bertz CT molecular complexity index is 609. The van der Waals surface area contributed by atoms with Crippen LogP contribution in [0.5, 0.6) is 0 Å². The molecule has 0 unspecified atom stereocenters. The van der Waals surface area contributed by atoms with Gasteiger partial charge in [0.05, 0.1) is 15.6 Å². The van der Waals surface area contributed by atoms with E-state index < -0.39 is 0 Å². The second kappa shape index (κ2) is 7.13. The van der Waals surface area contributed by atoms with Gasteiger partial charge in [-0.15, -0.1) is 11.3 Å². The molecule has 0 amide bonds. The molecule has 0 saturated carbocycles. The number of unbranched alkanes of at least 4 members (excludes halogenated alkanes) is 1. The fourth-order valence-corrected chi connectivity index (χ4v) is 3.63. The highest BCUT2D eigenvalue weighted by molar-refractivity contribution is 7.71. The third-order valence-electron chi connectivity index (χ3n) is 3.24. The van der Waals surface area contributed by atoms with E-state index >= 15 is 0 Å². The summed E-state index contributed by atoms with van der Waals surface area (Å²) in [6.07, 6.45) is 5.36. The molecule has 0 bridgehead atoms. The maximum Gasteiger partial charge on any atom is 0.195 e. The van der Waals surface area contributed by atoms with Crippen molar-refractivity contribution in [1.82, 2.24) is 19.7 Å². The van der Waals surface area contributed by atoms with E-state index in [0.29, 0.717) is 4.77 Å². The first-order chi connectivity index (χ1) is 9.71. The van der Waals surface area contributed by atoms with Crippen molar-refractivity contribution in [3.63, 3.8) is 0 Å². The first-order valence-electron chi connectivity index (χ1n) is 7.35. The lowest BCUT2D eigenvalue weighted by atomic mass is 10.2. The molecular formula is C14H22N4S2. The van der Waals surface area contributed by atoms with Crippen molar-refractivity contribution >= 4 is 23.6 Å². The fourth-order valence-electron chi connectivity index (χ4n) is 2.15. The summed E-state index contributed by atoms with van der Waals surface area (Å²) in [5.41, 5.74) is 1.14. The molecule has 0 saturated heterocycles. The first-order valence-corrected chi connectivity index (χ1v) is 8.57. The van der Waals surface area contributed by atoms with E-state index in [1.165, 1.54) is 9.88 Å². The number of aromatic amines is 1. The molecule has 0 fully saturated rings. The van der Waals surface area contributed by atoms with Gasteiger partial charge < -0.3 is 0 Å². The molecule has 2 aromatic heterocycles. The van der Waals surface area contributed by atoms with Gasteiger partial charge in [0.15, 0.2) is 10.6 Å². The van der Waals surface area contributed by atoms with E-state index in [1.807, 2.05) is 0 Å². The molecule has 2 aromatic rings. The van der Waals surface area contributed by atoms with E-state index in [0.717, 1.165) is 50.2 Å². The van der Waals surface area contributed by atoms with Gasteiger partial charge in [0.25, 0.3) is 0 Å². The quantitative estimate of drug-likeness (QED) is 0.772. The number of rotatable bonds is 7. The Morgan fingerprint density at radius 3 is 2.70 bits per heavy atom. The van der Waals surface area contributed by atoms with Crippen LogP contribution in [0.25, 0.3) is 10.7 Å². The fraction of sp³-hybridized carbons (Fsp3) is 0.643. The van der Waals surface area contributed by atoms with Gasteiger partial charge in [-0.25, -0.2) is 4.98 Å². The normalized spacial score (nSPS) is 11.2. The number of nitrogens with zero attached hydrogens (tertiary/aromatic N) is 3. The molecule has 2 rings (SSSR count). The minimum absolute atomic E-state index is 0.709. The van der Waals surface area contributed by atoms with Crippen LogP contribution in [0.2, 0.25) is 0 Å². The summed E-state index contributed by atoms with van der Waals surface area (Å²) < 4.78 is 2.82. The zero-order chi connectivity index (χ0) is 14.5. The van der Waals surface area contributed by atoms with Crippen molar-refractivity contribution in [2.75, 3.05) is 0 Å². The van der Waals surface area contributed by atoms with E-state index in [-0.39, 0.29) is 0 Å². The molecule has 6 heteroatoms. The standard InChI is InChI=1S/C14H22N4S2/c1-4-7-9-18-13(16-17-14(18)19)12-10(6-3)15-11(20-12)8-5-2/h4-9H2,1-3H3,(H,17,19). The molecule has 110 valence electrons. The van der Waals surface area contributed by atoms with E-state index in [4.69, 9.17) is 17.2 Å². The SMILES string of the molecule is CCCCn1c(-c2sc(CCC)nc2CC)n[nH]c1=S. The number of aryl methyl sites for hydroxylation is 2. The topological polar surface area (TPSA) is 46.5 Å². The van der Waals surface area contributed by atoms with Crippen LogP contribution < -0.4 is 0 Å². The lowest BCUT2D eigenvalue weighted by Crippen LogP contribution is -2.01. The smallest absolute Gasteiger partial charge is 0.195 e. The lowest BCUT2D eigenvalue weighted by molar-refractivity contribution is 0.629. The molecular weight excluding hydrogens is 288 g/mol. The van der Waals surface area contributed by atoms with Crippen molar-refractivity contribution in [2.45, 2.75) is 59.4 Å². The van der Waals surface area contributed by atoms with Crippen LogP contribution in [0, 0.1) is 4.77 Å². The van der Waals surface area contributed by atoms with E-state index in [2.05, 4.69) is 35.5 Å². The highest BCUT2D eigenvalue weighted by Crippen LogP contribution is 2.30. The number of hydrogen-bond acceptors (Lipinski definition) is 4. The number of thiazole rings is 1. The van der Waals surface area contributed by atoms with Gasteiger partial charge in [-0.3, -0.25) is 9.67 Å². The molecule has 0 aliphatic carbocycles. The summed E-state index contributed by atoms with van der Waals surface area (Å²) in [6, 6.07) is 0. The third-order valence-corrected chi connectivity index (χ3v) is 4.70. The highest BCUT2D eigenvalue weighted by atomic mass is 32.1. The Kier molecular flexibility index (Phi) is 5.48. The highest BCUT2D eigenvalue weighted by Gasteiger charge is 2.17. The second-order valence-electron chi connectivity index (χ2n) is 4.84. The van der Waals surface area contributed by atoms with Gasteiger partial charge in [0, 0.05) is 6.54 Å². The Morgan fingerprint density at radius 2 is 2.05 bits per heavy atom. The Balaban J connectivity index is 2.42. The van der Waals surface area contributed by atoms with Crippen LogP contribution >= 0.6 is 23.6 Å². The van der Waals surface area contributed by atoms with Gasteiger partial charge >= 0.3 is 0 Å². The summed E-state index contributed by atoms with van der Waals surface area (Å²) in [6.45, 7) is 7.44. The zero-order valence-electron chi connectivity index (χ0n) is 12.4. The lowest BCUT2D eigenvalue weighted by Gasteiger charge is -2.05. The first kappa shape index (κ1) is 15.4. The van der Waals surface area contributed by atoms with Gasteiger partial charge in [-0.05, 0) is 37.9 Å². The molecule has 0 aliphatic rings. The molecule has 0 aliphatic heterocycles. The monoisotopic (exact) mass is 310 g/mol. The minimum atomic E-state index is 0.709. The Hall–Kier alpha value is -1.01. The summed E-state index contributed by atoms with van der Waals surface area (Å²) in [5.74, 6) is 0.958. The average molecular weight is 310 g/mol. The number of hydrogen-bond donors (Lipinski definition) is 1. The Morgan fingerprint density at radius 1 is 1.25 bits per heavy atom. The van der Waals surface area contributed by atoms with Crippen LogP contribution in [0.4, 0.5) is 0 Å². The van der Waals surface area contributed by atoms with Crippen molar-refractivity contribution in [2.24, 2.45) is 0 Å². The maximum absolute atomic E-state index is 5.35. The summed E-state index contributed by atoms with van der Waals surface area (Å²) >= 11 is 7.11. The van der Waals surface area contributed by atoms with E-state index in [9.17, 15) is 0 Å². The van der Waals surface area contributed by atoms with Crippen molar-refractivity contribution in [3.05, 3.63) is 15.5 Å². The average Bonchev–Trinajstić information content (AvgIpc) is 3.00. The van der Waals surface area contributed by atoms with Gasteiger partial charge in [0.1, 0.15) is 0 Å². The van der Waals surface area contributed by atoms with Crippen LogP contribution in [0.1, 0.15) is 50.7 Å². The third kappa shape index (κ3) is 3.17. The molecule has 0 aromatic carbocycles. The molecule has 20 heavy (non-hydrogen) atoms.